The highest BCUT2D eigenvalue weighted by atomic mass is 14.9. The van der Waals surface area contributed by atoms with Crippen LogP contribution in [0, 0.1) is 5.41 Å². The highest BCUT2D eigenvalue weighted by molar-refractivity contribution is 5.71. The standard InChI is InChI=1S/C7H17N.CH5N3/c1-2-3-4-5-6-7-8;2-1(3)4/h2-8H2,1H3;(H5,2,3,4). The van der Waals surface area contributed by atoms with Crippen molar-refractivity contribution in [3.63, 3.8) is 0 Å². The second-order valence-corrected chi connectivity index (χ2v) is 2.66. The van der Waals surface area contributed by atoms with Crippen LogP contribution in [0.5, 0.6) is 0 Å². The molecule has 0 aliphatic rings. The number of hydrogen-bond acceptors (Lipinski definition) is 2. The zero-order valence-electron chi connectivity index (χ0n) is 7.97. The van der Waals surface area contributed by atoms with Crippen molar-refractivity contribution < 1.29 is 0 Å². The van der Waals surface area contributed by atoms with E-state index in [2.05, 4.69) is 18.4 Å². The van der Waals surface area contributed by atoms with E-state index < -0.39 is 0 Å². The van der Waals surface area contributed by atoms with E-state index in [1.165, 1.54) is 32.1 Å². The maximum atomic E-state index is 6.06. The average molecular weight is 174 g/mol. The zero-order chi connectivity index (χ0) is 9.82. The van der Waals surface area contributed by atoms with Gasteiger partial charge in [-0.3, -0.25) is 5.41 Å². The maximum Gasteiger partial charge on any atom is 0.183 e. The molecule has 0 aromatic rings. The van der Waals surface area contributed by atoms with Crippen molar-refractivity contribution in [1.82, 2.24) is 0 Å². The molecule has 0 radical (unpaired) electrons. The van der Waals surface area contributed by atoms with Crippen LogP contribution in [0.2, 0.25) is 0 Å². The van der Waals surface area contributed by atoms with Gasteiger partial charge in [-0.15, -0.1) is 0 Å². The molecule has 0 rings (SSSR count). The Morgan fingerprint density at radius 1 is 1.08 bits per heavy atom. The number of rotatable bonds is 5. The van der Waals surface area contributed by atoms with Gasteiger partial charge in [0.25, 0.3) is 0 Å². The summed E-state index contributed by atoms with van der Waals surface area (Å²) in [7, 11) is 0. The van der Waals surface area contributed by atoms with Gasteiger partial charge in [-0.1, -0.05) is 32.6 Å². The minimum absolute atomic E-state index is 0.333. The van der Waals surface area contributed by atoms with Gasteiger partial charge in [-0.2, -0.15) is 0 Å². The van der Waals surface area contributed by atoms with Gasteiger partial charge in [-0.25, -0.2) is 0 Å². The Labute approximate surface area is 75.0 Å². The Kier molecular flexibility index (Phi) is 14.8. The molecule has 4 heteroatoms. The van der Waals surface area contributed by atoms with E-state index in [9.17, 15) is 0 Å². The molecule has 0 spiro atoms. The van der Waals surface area contributed by atoms with Gasteiger partial charge in [0.2, 0.25) is 0 Å². The lowest BCUT2D eigenvalue weighted by molar-refractivity contribution is 0.638. The van der Waals surface area contributed by atoms with Crippen molar-refractivity contribution in [1.29, 1.82) is 5.41 Å². The summed E-state index contributed by atoms with van der Waals surface area (Å²) in [4.78, 5) is 0. The summed E-state index contributed by atoms with van der Waals surface area (Å²) in [5.41, 5.74) is 14.3. The number of nitrogens with two attached hydrogens (primary N) is 3. The molecular formula is C8H22N4. The molecule has 0 saturated carbocycles. The average Bonchev–Trinajstić information content (AvgIpc) is 1.97. The summed E-state index contributed by atoms with van der Waals surface area (Å²) >= 11 is 0. The van der Waals surface area contributed by atoms with Gasteiger partial charge in [0, 0.05) is 0 Å². The quantitative estimate of drug-likeness (QED) is 0.281. The summed E-state index contributed by atoms with van der Waals surface area (Å²) in [6.45, 7) is 3.09. The van der Waals surface area contributed by atoms with Crippen molar-refractivity contribution in [3.05, 3.63) is 0 Å². The van der Waals surface area contributed by atoms with E-state index >= 15 is 0 Å². The Balaban J connectivity index is 0. The molecule has 74 valence electrons. The number of unbranched alkanes of at least 4 members (excludes halogenated alkanes) is 4. The Morgan fingerprint density at radius 2 is 1.50 bits per heavy atom. The summed E-state index contributed by atoms with van der Waals surface area (Å²) in [5, 5.41) is 6.06. The van der Waals surface area contributed by atoms with Crippen LogP contribution in [0.1, 0.15) is 39.0 Å². The van der Waals surface area contributed by atoms with Gasteiger partial charge < -0.3 is 17.2 Å². The molecule has 4 nitrogen and oxygen atoms in total. The minimum atomic E-state index is -0.333. The number of nitrogens with one attached hydrogen (secondary N) is 1. The summed E-state index contributed by atoms with van der Waals surface area (Å²) in [6, 6.07) is 0. The summed E-state index contributed by atoms with van der Waals surface area (Å²) in [5.74, 6) is -0.333. The van der Waals surface area contributed by atoms with Crippen LogP contribution in [0.25, 0.3) is 0 Å². The topological polar surface area (TPSA) is 102 Å². The van der Waals surface area contributed by atoms with Gasteiger partial charge in [-0.05, 0) is 13.0 Å². The minimum Gasteiger partial charge on any atom is -0.370 e. The van der Waals surface area contributed by atoms with E-state index in [1.807, 2.05) is 0 Å². The fourth-order valence-electron chi connectivity index (χ4n) is 0.748. The second-order valence-electron chi connectivity index (χ2n) is 2.66. The van der Waals surface area contributed by atoms with Crippen LogP contribution in [-0.2, 0) is 0 Å². The normalized spacial score (nSPS) is 8.50. The van der Waals surface area contributed by atoms with Crippen molar-refractivity contribution in [2.45, 2.75) is 39.0 Å². The lowest BCUT2D eigenvalue weighted by Gasteiger charge is -1.93. The molecule has 0 fully saturated rings. The smallest absolute Gasteiger partial charge is 0.183 e. The predicted molar refractivity (Wildman–Crippen MR) is 53.9 cm³/mol. The third kappa shape index (κ3) is 34.9. The third-order valence-corrected chi connectivity index (χ3v) is 1.31. The predicted octanol–water partition coefficient (Wildman–Crippen LogP) is 0.754. The molecule has 0 atom stereocenters. The molecule has 0 saturated heterocycles. The largest absolute Gasteiger partial charge is 0.370 e. The molecule has 0 amide bonds. The zero-order valence-corrected chi connectivity index (χ0v) is 7.97. The Morgan fingerprint density at radius 3 is 1.83 bits per heavy atom. The van der Waals surface area contributed by atoms with Gasteiger partial charge in [0.1, 0.15) is 0 Å². The molecular weight excluding hydrogens is 152 g/mol. The van der Waals surface area contributed by atoms with Gasteiger partial charge in [0.15, 0.2) is 5.96 Å². The number of hydrogen-bond donors (Lipinski definition) is 4. The van der Waals surface area contributed by atoms with Crippen molar-refractivity contribution >= 4 is 5.96 Å². The first kappa shape index (κ1) is 13.8. The molecule has 0 heterocycles. The fraction of sp³-hybridized carbons (Fsp3) is 0.875. The fourth-order valence-corrected chi connectivity index (χ4v) is 0.748. The van der Waals surface area contributed by atoms with Crippen LogP contribution >= 0.6 is 0 Å². The first-order valence-corrected chi connectivity index (χ1v) is 4.44. The molecule has 0 bridgehead atoms. The highest BCUT2D eigenvalue weighted by Gasteiger charge is 1.83. The SMILES string of the molecule is CCCCCCCN.N=C(N)N. The molecule has 0 aliphatic carbocycles. The highest BCUT2D eigenvalue weighted by Crippen LogP contribution is 2.00. The Bertz CT molecular complexity index is 83.1. The monoisotopic (exact) mass is 174 g/mol. The van der Waals surface area contributed by atoms with Crippen molar-refractivity contribution in [2.75, 3.05) is 6.54 Å². The third-order valence-electron chi connectivity index (χ3n) is 1.31. The van der Waals surface area contributed by atoms with Crippen LogP contribution in [0.15, 0.2) is 0 Å². The molecule has 0 aliphatic heterocycles. The van der Waals surface area contributed by atoms with Crippen LogP contribution in [0.3, 0.4) is 0 Å². The summed E-state index contributed by atoms with van der Waals surface area (Å²) < 4.78 is 0. The Hall–Kier alpha value is -0.770. The first-order chi connectivity index (χ1) is 5.65. The molecule has 7 N–H and O–H groups in total. The van der Waals surface area contributed by atoms with Gasteiger partial charge in [0.05, 0.1) is 0 Å². The van der Waals surface area contributed by atoms with E-state index in [1.54, 1.807) is 0 Å². The molecule has 12 heavy (non-hydrogen) atoms. The van der Waals surface area contributed by atoms with Crippen LogP contribution in [-0.4, -0.2) is 12.5 Å². The van der Waals surface area contributed by atoms with E-state index in [0.717, 1.165) is 6.54 Å². The van der Waals surface area contributed by atoms with E-state index in [4.69, 9.17) is 11.1 Å². The lowest BCUT2D eigenvalue weighted by Crippen LogP contribution is -2.20. The van der Waals surface area contributed by atoms with Gasteiger partial charge >= 0.3 is 0 Å². The molecule has 0 unspecified atom stereocenters. The second kappa shape index (κ2) is 12.9. The van der Waals surface area contributed by atoms with E-state index in [-0.39, 0.29) is 5.96 Å². The number of guanidine groups is 1. The molecule has 0 aromatic heterocycles. The molecule has 0 aromatic carbocycles. The van der Waals surface area contributed by atoms with Crippen molar-refractivity contribution in [3.8, 4) is 0 Å². The lowest BCUT2D eigenvalue weighted by atomic mass is 10.2. The first-order valence-electron chi connectivity index (χ1n) is 4.44. The van der Waals surface area contributed by atoms with Crippen LogP contribution < -0.4 is 17.2 Å². The van der Waals surface area contributed by atoms with Crippen LogP contribution in [0.4, 0.5) is 0 Å². The maximum absolute atomic E-state index is 6.06. The summed E-state index contributed by atoms with van der Waals surface area (Å²) in [6.07, 6.45) is 6.60. The van der Waals surface area contributed by atoms with E-state index in [0.29, 0.717) is 0 Å². The van der Waals surface area contributed by atoms with Crippen molar-refractivity contribution in [2.24, 2.45) is 17.2 Å².